The van der Waals surface area contributed by atoms with Gasteiger partial charge in [0.05, 0.1) is 30.9 Å². The van der Waals surface area contributed by atoms with Crippen molar-refractivity contribution in [2.24, 2.45) is 0 Å². The van der Waals surface area contributed by atoms with Crippen LogP contribution in [0.1, 0.15) is 16.1 Å². The van der Waals surface area contributed by atoms with Crippen LogP contribution < -0.4 is 15.5 Å². The van der Waals surface area contributed by atoms with E-state index in [1.54, 1.807) is 20.4 Å². The zero-order valence-electron chi connectivity index (χ0n) is 15.5. The molecule has 0 spiro atoms. The number of nitrogens with zero attached hydrogens (tertiary/aromatic N) is 4. The Morgan fingerprint density at radius 1 is 1.41 bits per heavy atom. The van der Waals surface area contributed by atoms with Gasteiger partial charge in [-0.1, -0.05) is 0 Å². The summed E-state index contributed by atoms with van der Waals surface area (Å²) in [6.07, 6.45) is 3.50. The molecule has 0 unspecified atom stereocenters. The van der Waals surface area contributed by atoms with Crippen LogP contribution >= 0.6 is 0 Å². The second-order valence-corrected chi connectivity index (χ2v) is 6.71. The number of methoxy groups -OCH3 is 1. The fourth-order valence-corrected chi connectivity index (χ4v) is 3.58. The Balaban J connectivity index is 1.46. The van der Waals surface area contributed by atoms with Gasteiger partial charge in [-0.15, -0.1) is 0 Å². The highest BCUT2D eigenvalue weighted by Crippen LogP contribution is 2.21. The van der Waals surface area contributed by atoms with E-state index >= 15 is 0 Å². The average Bonchev–Trinajstić information content (AvgIpc) is 3.32. The monoisotopic (exact) mass is 372 g/mol. The van der Waals surface area contributed by atoms with Crippen LogP contribution in [0.5, 0.6) is 0 Å². The van der Waals surface area contributed by atoms with Crippen molar-refractivity contribution in [3.05, 3.63) is 35.8 Å². The number of hydrogen-bond donors (Lipinski definition) is 2. The minimum atomic E-state index is -0.122. The van der Waals surface area contributed by atoms with E-state index in [9.17, 15) is 4.79 Å². The van der Waals surface area contributed by atoms with Crippen LogP contribution in [0.25, 0.3) is 0 Å². The minimum absolute atomic E-state index is 0.0931. The summed E-state index contributed by atoms with van der Waals surface area (Å²) in [6.45, 7) is 3.29. The molecule has 0 saturated carbocycles. The molecule has 2 aliphatic heterocycles. The molecule has 1 saturated heterocycles. The maximum absolute atomic E-state index is 12.7. The van der Waals surface area contributed by atoms with E-state index in [1.165, 1.54) is 0 Å². The Kier molecular flexibility index (Phi) is 4.95. The van der Waals surface area contributed by atoms with Crippen molar-refractivity contribution in [1.82, 2.24) is 19.9 Å². The Morgan fingerprint density at radius 2 is 2.30 bits per heavy atom. The predicted octanol–water partition coefficient (Wildman–Crippen LogP) is 0.484. The van der Waals surface area contributed by atoms with Crippen molar-refractivity contribution in [1.29, 1.82) is 0 Å². The smallest absolute Gasteiger partial charge is 0.253 e. The van der Waals surface area contributed by atoms with E-state index in [-0.39, 0.29) is 18.1 Å². The predicted molar refractivity (Wildman–Crippen MR) is 99.9 cm³/mol. The number of fused-ring (bicyclic) bond motifs is 1. The van der Waals surface area contributed by atoms with Crippen LogP contribution in [0.15, 0.2) is 24.5 Å². The first-order chi connectivity index (χ1) is 13.2. The normalized spacial score (nSPS) is 21.8. The molecule has 1 fully saturated rings. The second-order valence-electron chi connectivity index (χ2n) is 6.71. The summed E-state index contributed by atoms with van der Waals surface area (Å²) < 4.78 is 13.1. The highest BCUT2D eigenvalue weighted by Gasteiger charge is 2.35. The van der Waals surface area contributed by atoms with Crippen LogP contribution in [0, 0.1) is 0 Å². The summed E-state index contributed by atoms with van der Waals surface area (Å²) in [7, 11) is 3.45. The molecule has 9 nitrogen and oxygen atoms in total. The minimum Gasteiger partial charge on any atom is -0.377 e. The van der Waals surface area contributed by atoms with Gasteiger partial charge < -0.3 is 29.6 Å². The molecule has 0 aliphatic carbocycles. The van der Waals surface area contributed by atoms with Gasteiger partial charge in [0.25, 0.3) is 5.91 Å². The molecule has 2 aromatic heterocycles. The molecule has 2 atom stereocenters. The zero-order valence-corrected chi connectivity index (χ0v) is 15.5. The van der Waals surface area contributed by atoms with Gasteiger partial charge in [0.1, 0.15) is 5.82 Å². The summed E-state index contributed by atoms with van der Waals surface area (Å²) in [5, 5.41) is 6.06. The van der Waals surface area contributed by atoms with Crippen LogP contribution in [0.4, 0.5) is 11.8 Å². The number of amides is 1. The highest BCUT2D eigenvalue weighted by molar-refractivity contribution is 5.94. The molecule has 0 aromatic carbocycles. The van der Waals surface area contributed by atoms with E-state index in [1.807, 2.05) is 18.3 Å². The Bertz CT molecular complexity index is 800. The van der Waals surface area contributed by atoms with Crippen LogP contribution in [0.2, 0.25) is 0 Å². The molecule has 0 bridgehead atoms. The number of aromatic nitrogens is 3. The van der Waals surface area contributed by atoms with Crippen molar-refractivity contribution in [2.45, 2.75) is 25.3 Å². The lowest BCUT2D eigenvalue weighted by atomic mass is 10.2. The first kappa shape index (κ1) is 17.7. The summed E-state index contributed by atoms with van der Waals surface area (Å²) in [6, 6.07) is 3.63. The van der Waals surface area contributed by atoms with Gasteiger partial charge in [-0.25, -0.2) is 4.98 Å². The van der Waals surface area contributed by atoms with Crippen LogP contribution in [0.3, 0.4) is 0 Å². The third-order valence-corrected chi connectivity index (χ3v) is 5.05. The Labute approximate surface area is 157 Å². The molecular formula is C18H24N6O3. The van der Waals surface area contributed by atoms with Crippen molar-refractivity contribution in [2.75, 3.05) is 44.1 Å². The van der Waals surface area contributed by atoms with Crippen molar-refractivity contribution < 1.29 is 14.3 Å². The quantitative estimate of drug-likeness (QED) is 0.789. The van der Waals surface area contributed by atoms with Gasteiger partial charge in [-0.3, -0.25) is 4.79 Å². The third kappa shape index (κ3) is 3.60. The highest BCUT2D eigenvalue weighted by atomic mass is 16.5. The molecule has 9 heteroatoms. The molecule has 0 radical (unpaired) electrons. The fraction of sp³-hybridized carbons (Fsp3) is 0.500. The first-order valence-corrected chi connectivity index (χ1v) is 9.04. The first-order valence-electron chi connectivity index (χ1n) is 9.04. The summed E-state index contributed by atoms with van der Waals surface area (Å²) in [5.41, 5.74) is 1.69. The van der Waals surface area contributed by atoms with Crippen molar-refractivity contribution >= 4 is 17.7 Å². The molecular weight excluding hydrogens is 348 g/mol. The number of nitrogens with one attached hydrogen (secondary N) is 2. The third-order valence-electron chi connectivity index (χ3n) is 5.05. The lowest BCUT2D eigenvalue weighted by molar-refractivity contribution is 0.0781. The van der Waals surface area contributed by atoms with E-state index in [0.29, 0.717) is 37.8 Å². The lowest BCUT2D eigenvalue weighted by Crippen LogP contribution is -2.43. The molecule has 2 aromatic rings. The van der Waals surface area contributed by atoms with Gasteiger partial charge in [0.15, 0.2) is 0 Å². The molecule has 1 amide bonds. The van der Waals surface area contributed by atoms with Crippen LogP contribution in [-0.4, -0.2) is 66.4 Å². The Morgan fingerprint density at radius 3 is 3.07 bits per heavy atom. The van der Waals surface area contributed by atoms with Crippen molar-refractivity contribution in [3.63, 3.8) is 0 Å². The van der Waals surface area contributed by atoms with Gasteiger partial charge in [0.2, 0.25) is 5.95 Å². The number of anilines is 2. The number of carbonyl (C=O) groups is 1. The average molecular weight is 372 g/mol. The van der Waals surface area contributed by atoms with E-state index < -0.39 is 0 Å². The van der Waals surface area contributed by atoms with Gasteiger partial charge >= 0.3 is 0 Å². The summed E-state index contributed by atoms with van der Waals surface area (Å²) in [5.74, 6) is 1.28. The Hall–Kier alpha value is -2.65. The molecule has 27 heavy (non-hydrogen) atoms. The fourth-order valence-electron chi connectivity index (χ4n) is 3.58. The SMILES string of the molecule is CNc1nccc(N2C[C@H](OC)[C@H](NC(=O)c3cc4n(c3)CCOC4)C2)n1. The number of carbonyl (C=O) groups excluding carboxylic acids is 1. The molecule has 2 aliphatic rings. The summed E-state index contributed by atoms with van der Waals surface area (Å²) in [4.78, 5) is 23.5. The van der Waals surface area contributed by atoms with E-state index in [2.05, 4.69) is 30.1 Å². The van der Waals surface area contributed by atoms with Gasteiger partial charge in [-0.05, 0) is 12.1 Å². The summed E-state index contributed by atoms with van der Waals surface area (Å²) >= 11 is 0. The topological polar surface area (TPSA) is 93.5 Å². The number of hydrogen-bond acceptors (Lipinski definition) is 7. The van der Waals surface area contributed by atoms with Gasteiger partial charge in [-0.2, -0.15) is 4.98 Å². The molecule has 4 rings (SSSR count). The van der Waals surface area contributed by atoms with Crippen molar-refractivity contribution in [3.8, 4) is 0 Å². The number of ether oxygens (including phenoxy) is 2. The molecule has 144 valence electrons. The maximum Gasteiger partial charge on any atom is 0.253 e. The van der Waals surface area contributed by atoms with Crippen LogP contribution in [-0.2, 0) is 22.6 Å². The standard InChI is InChI=1S/C18H24N6O3/c1-19-18-20-4-3-16(22-18)24-9-14(15(10-24)26-2)21-17(25)12-7-13-11-27-6-5-23(13)8-12/h3-4,7-8,14-15H,5-6,9-11H2,1-2H3,(H,21,25)(H,19,20,22)/t14-,15+/m1/s1. The molecule has 4 heterocycles. The molecule has 2 N–H and O–H groups in total. The van der Waals surface area contributed by atoms with E-state index in [4.69, 9.17) is 9.47 Å². The maximum atomic E-state index is 12.7. The van der Waals surface area contributed by atoms with E-state index in [0.717, 1.165) is 18.1 Å². The lowest BCUT2D eigenvalue weighted by Gasteiger charge is -2.18. The number of rotatable bonds is 5. The second kappa shape index (κ2) is 7.53. The largest absolute Gasteiger partial charge is 0.377 e. The van der Waals surface area contributed by atoms with Gasteiger partial charge in [0, 0.05) is 51.9 Å². The zero-order chi connectivity index (χ0) is 18.8.